The molecule has 0 unspecified atom stereocenters. The first-order valence-corrected chi connectivity index (χ1v) is 8.00. The Balaban J connectivity index is 0.00000338. The average molecular weight is 401 g/mol. The number of carbonyl (C=O) groups excluding carboxylic acids is 1. The minimum absolute atomic E-state index is 0. The predicted octanol–water partition coefficient (Wildman–Crippen LogP) is 3.34. The molecule has 3 N–H and O–H groups in total. The molecule has 0 radical (unpaired) electrons. The molecule has 0 aliphatic heterocycles. The maximum absolute atomic E-state index is 12.4. The van der Waals surface area contributed by atoms with Crippen LogP contribution in [0.2, 0.25) is 5.02 Å². The Bertz CT molecular complexity index is 769. The van der Waals surface area contributed by atoms with Gasteiger partial charge in [0.2, 0.25) is 0 Å². The fourth-order valence-electron chi connectivity index (χ4n) is 2.37. The van der Waals surface area contributed by atoms with Gasteiger partial charge in [-0.15, -0.1) is 12.4 Å². The second-order valence-corrected chi connectivity index (χ2v) is 5.68. The quantitative estimate of drug-likeness (QED) is 0.696. The van der Waals surface area contributed by atoms with Gasteiger partial charge < -0.3 is 25.3 Å². The summed E-state index contributed by atoms with van der Waals surface area (Å²) in [5, 5.41) is 3.16. The highest BCUT2D eigenvalue weighted by atomic mass is 35.5. The third-order valence-corrected chi connectivity index (χ3v) is 4.04. The predicted molar refractivity (Wildman–Crippen MR) is 105 cm³/mol. The van der Waals surface area contributed by atoms with Gasteiger partial charge in [-0.1, -0.05) is 17.7 Å². The number of amides is 1. The van der Waals surface area contributed by atoms with Crippen molar-refractivity contribution in [2.24, 2.45) is 0 Å². The maximum atomic E-state index is 12.4. The number of nitrogen functional groups attached to an aromatic ring is 1. The lowest BCUT2D eigenvalue weighted by Crippen LogP contribution is -2.26. The molecule has 2 aromatic rings. The van der Waals surface area contributed by atoms with Crippen molar-refractivity contribution in [1.82, 2.24) is 5.32 Å². The topological polar surface area (TPSA) is 82.8 Å². The lowest BCUT2D eigenvalue weighted by molar-refractivity contribution is 0.0951. The minimum Gasteiger partial charge on any atom is -0.496 e. The van der Waals surface area contributed by atoms with E-state index in [2.05, 4.69) is 5.32 Å². The van der Waals surface area contributed by atoms with Gasteiger partial charge in [-0.2, -0.15) is 0 Å². The number of hydrogen-bond acceptors (Lipinski definition) is 5. The van der Waals surface area contributed by atoms with E-state index in [1.54, 1.807) is 14.2 Å². The zero-order chi connectivity index (χ0) is 18.4. The van der Waals surface area contributed by atoms with Crippen LogP contribution in [0.15, 0.2) is 30.3 Å². The number of nitrogens with two attached hydrogens (primary N) is 1. The summed E-state index contributed by atoms with van der Waals surface area (Å²) in [4.78, 5) is 12.4. The highest BCUT2D eigenvalue weighted by molar-refractivity contribution is 6.33. The Kier molecular flexibility index (Phi) is 8.35. The molecule has 0 saturated carbocycles. The second-order valence-electron chi connectivity index (χ2n) is 5.27. The molecular formula is C18H22Cl2N2O4. The summed E-state index contributed by atoms with van der Waals surface area (Å²) in [5.41, 5.74) is 7.44. The SMILES string of the molecule is COc1ccc(CCNC(=O)c2cc(Cl)c(N)cc2OC)cc1OC.Cl. The number of methoxy groups -OCH3 is 3. The van der Waals surface area contributed by atoms with Crippen LogP contribution in [0, 0.1) is 0 Å². The van der Waals surface area contributed by atoms with Crippen molar-refractivity contribution in [2.75, 3.05) is 33.6 Å². The number of hydrogen-bond donors (Lipinski definition) is 2. The van der Waals surface area contributed by atoms with Gasteiger partial charge in [-0.3, -0.25) is 4.79 Å². The molecule has 2 rings (SSSR count). The molecule has 2 aromatic carbocycles. The molecule has 1 amide bonds. The summed E-state index contributed by atoms with van der Waals surface area (Å²) in [6, 6.07) is 8.67. The van der Waals surface area contributed by atoms with Crippen molar-refractivity contribution in [2.45, 2.75) is 6.42 Å². The monoisotopic (exact) mass is 400 g/mol. The molecular weight excluding hydrogens is 379 g/mol. The molecule has 0 spiro atoms. The van der Waals surface area contributed by atoms with Crippen molar-refractivity contribution in [3.63, 3.8) is 0 Å². The number of benzene rings is 2. The Morgan fingerprint density at radius 1 is 1.04 bits per heavy atom. The van der Waals surface area contributed by atoms with Gasteiger partial charge in [0.05, 0.1) is 37.6 Å². The molecule has 8 heteroatoms. The van der Waals surface area contributed by atoms with Crippen molar-refractivity contribution in [3.8, 4) is 17.2 Å². The van der Waals surface area contributed by atoms with E-state index < -0.39 is 0 Å². The molecule has 0 aromatic heterocycles. The van der Waals surface area contributed by atoms with E-state index in [0.717, 1.165) is 5.56 Å². The average Bonchev–Trinajstić information content (AvgIpc) is 2.63. The van der Waals surface area contributed by atoms with Gasteiger partial charge in [0, 0.05) is 12.6 Å². The molecule has 6 nitrogen and oxygen atoms in total. The third kappa shape index (κ3) is 5.09. The van der Waals surface area contributed by atoms with Crippen LogP contribution in [-0.2, 0) is 6.42 Å². The molecule has 0 aliphatic rings. The number of anilines is 1. The van der Waals surface area contributed by atoms with E-state index in [-0.39, 0.29) is 18.3 Å². The summed E-state index contributed by atoms with van der Waals surface area (Å²) in [6.07, 6.45) is 0.636. The molecule has 0 fully saturated rings. The Morgan fingerprint density at radius 3 is 2.31 bits per heavy atom. The standard InChI is InChI=1S/C18H21ClN2O4.ClH/c1-23-15-5-4-11(8-17(15)25-3)6-7-21-18(22)12-9-13(19)14(20)10-16(12)24-2;/h4-5,8-10H,6-7,20H2,1-3H3,(H,21,22);1H. The first-order valence-electron chi connectivity index (χ1n) is 7.62. The van der Waals surface area contributed by atoms with Gasteiger partial charge in [-0.25, -0.2) is 0 Å². The molecule has 26 heavy (non-hydrogen) atoms. The van der Waals surface area contributed by atoms with Gasteiger partial charge >= 0.3 is 0 Å². The van der Waals surface area contributed by atoms with Gasteiger partial charge in [0.1, 0.15) is 5.75 Å². The van der Waals surface area contributed by atoms with Crippen molar-refractivity contribution in [1.29, 1.82) is 0 Å². The fraction of sp³-hybridized carbons (Fsp3) is 0.278. The van der Waals surface area contributed by atoms with Crippen LogP contribution in [0.5, 0.6) is 17.2 Å². The smallest absolute Gasteiger partial charge is 0.255 e. The number of rotatable bonds is 7. The van der Waals surface area contributed by atoms with Crippen molar-refractivity contribution < 1.29 is 19.0 Å². The second kappa shape index (κ2) is 9.99. The van der Waals surface area contributed by atoms with Crippen LogP contribution >= 0.6 is 24.0 Å². The summed E-state index contributed by atoms with van der Waals surface area (Å²) in [7, 11) is 4.65. The number of nitrogens with one attached hydrogen (secondary N) is 1. The van der Waals surface area contributed by atoms with Gasteiger partial charge in [0.25, 0.3) is 5.91 Å². The van der Waals surface area contributed by atoms with Crippen LogP contribution in [0.1, 0.15) is 15.9 Å². The molecule has 142 valence electrons. The van der Waals surface area contributed by atoms with E-state index in [9.17, 15) is 4.79 Å². The van der Waals surface area contributed by atoms with Crippen molar-refractivity contribution >= 4 is 35.6 Å². The van der Waals surface area contributed by atoms with Crippen LogP contribution in [0.3, 0.4) is 0 Å². The maximum Gasteiger partial charge on any atom is 0.255 e. The lowest BCUT2D eigenvalue weighted by Gasteiger charge is -2.12. The Labute approximate surface area is 164 Å². The van der Waals surface area contributed by atoms with E-state index >= 15 is 0 Å². The zero-order valence-corrected chi connectivity index (χ0v) is 16.4. The Hall–Kier alpha value is -2.31. The summed E-state index contributed by atoms with van der Waals surface area (Å²) >= 11 is 5.99. The van der Waals surface area contributed by atoms with E-state index in [4.69, 9.17) is 31.5 Å². The first-order chi connectivity index (χ1) is 12.0. The summed E-state index contributed by atoms with van der Waals surface area (Å²) in [5.74, 6) is 1.42. The van der Waals surface area contributed by atoms with E-state index in [0.29, 0.717) is 46.5 Å². The third-order valence-electron chi connectivity index (χ3n) is 3.71. The van der Waals surface area contributed by atoms with Gasteiger partial charge in [0.15, 0.2) is 11.5 Å². The Morgan fingerprint density at radius 2 is 1.69 bits per heavy atom. The fourth-order valence-corrected chi connectivity index (χ4v) is 2.53. The van der Waals surface area contributed by atoms with Crippen LogP contribution in [0.25, 0.3) is 0 Å². The molecule has 0 aliphatic carbocycles. The normalized spacial score (nSPS) is 9.85. The number of ether oxygens (including phenoxy) is 3. The molecule has 0 saturated heterocycles. The number of carbonyl (C=O) groups is 1. The van der Waals surface area contributed by atoms with Crippen LogP contribution < -0.4 is 25.3 Å². The highest BCUT2D eigenvalue weighted by Gasteiger charge is 2.15. The van der Waals surface area contributed by atoms with Crippen molar-refractivity contribution in [3.05, 3.63) is 46.5 Å². The lowest BCUT2D eigenvalue weighted by atomic mass is 10.1. The highest BCUT2D eigenvalue weighted by Crippen LogP contribution is 2.29. The zero-order valence-electron chi connectivity index (χ0n) is 14.8. The molecule has 0 atom stereocenters. The summed E-state index contributed by atoms with van der Waals surface area (Å²) in [6.45, 7) is 0.444. The van der Waals surface area contributed by atoms with E-state index in [1.807, 2.05) is 18.2 Å². The van der Waals surface area contributed by atoms with Crippen LogP contribution in [0.4, 0.5) is 5.69 Å². The minimum atomic E-state index is -0.278. The van der Waals surface area contributed by atoms with Crippen LogP contribution in [-0.4, -0.2) is 33.8 Å². The molecule has 0 heterocycles. The molecule has 0 bridgehead atoms. The van der Waals surface area contributed by atoms with E-state index in [1.165, 1.54) is 19.2 Å². The number of halogens is 2. The largest absolute Gasteiger partial charge is 0.496 e. The first kappa shape index (κ1) is 21.7. The summed E-state index contributed by atoms with van der Waals surface area (Å²) < 4.78 is 15.7. The van der Waals surface area contributed by atoms with Gasteiger partial charge in [-0.05, 0) is 30.2 Å².